The van der Waals surface area contributed by atoms with Gasteiger partial charge in [0.2, 0.25) is 0 Å². The first-order valence-electron chi connectivity index (χ1n) is 48.4. The quantitative estimate of drug-likeness (QED) is 0.0799. The molecule has 0 amide bonds. The Labute approximate surface area is 686 Å². The van der Waals surface area contributed by atoms with E-state index in [4.69, 9.17) is 9.60 Å². The number of anilines is 6. The maximum absolute atomic E-state index is 9.83. The highest BCUT2D eigenvalue weighted by Gasteiger charge is 2.44. The summed E-state index contributed by atoms with van der Waals surface area (Å²) in [5.74, 6) is 0. The third kappa shape index (κ3) is 12.4. The van der Waals surface area contributed by atoms with Gasteiger partial charge in [0.1, 0.15) is 0 Å². The van der Waals surface area contributed by atoms with Gasteiger partial charge >= 0.3 is 0 Å². The standard InChI is InChI=1S/C106H84BN5/c1-106(2,3)83-38-27-29-73(66-83)63-74-51-57-95-101(67-74)110(72-94-88(79-34-13-6-14-35-79)45-28-46-89(94)80-36-15-7-16-37-80)104-69-76(59-61-108(84-39-17-8-18-40-84)85-52-54-86(55-53-85)111-97-47-23-19-41-90(97)91-42-20-24-48-98(91)111)68-103-105(104)107(95)96-58-56-87(112-99-49-25-21-43-92(99)93-44-22-26-50-100(93)112)71-102(96)109(103)62-60-75-64-81(77-30-9-4-10-31-77)70-82(65-75)78-32-11-5-12-33-78/h4-58,64-71H,59-63,72H2,1-3H3/i8D,17D,18D,19D,20D,21D,22D,23D,24D,25D,26D,39D,40D,41D,42D,43D,44D,47D,48D,49D,50D. The van der Waals surface area contributed by atoms with Crippen molar-refractivity contribution in [1.82, 2.24) is 9.13 Å². The van der Waals surface area contributed by atoms with E-state index in [2.05, 4.69) is 170 Å². The van der Waals surface area contributed by atoms with Gasteiger partial charge in [-0.3, -0.25) is 0 Å². The molecular weight excluding hydrogens is 1350 g/mol. The summed E-state index contributed by atoms with van der Waals surface area (Å²) in [4.78, 5) is 6.39. The van der Waals surface area contributed by atoms with Crippen LogP contribution in [0, 0.1) is 0 Å². The Balaban J connectivity index is 0.862. The number of nitrogens with zero attached hydrogens (tertiary/aromatic N) is 5. The van der Waals surface area contributed by atoms with Crippen molar-refractivity contribution in [2.24, 2.45) is 0 Å². The molecule has 0 radical (unpaired) electrons. The van der Waals surface area contributed by atoms with E-state index in [1.807, 2.05) is 91.0 Å². The normalized spacial score (nSPS) is 15.0. The Morgan fingerprint density at radius 1 is 0.339 bits per heavy atom. The Bertz CT molecular complexity index is 7600. The Hall–Kier alpha value is -13.4. The van der Waals surface area contributed by atoms with E-state index in [0.29, 0.717) is 29.9 Å². The minimum atomic E-state index is -0.623. The van der Waals surface area contributed by atoms with Crippen molar-refractivity contribution in [3.05, 3.63) is 415 Å². The monoisotopic (exact) mass is 1460 g/mol. The molecule has 0 N–H and O–H groups in total. The molecule has 0 unspecified atom stereocenters. The average Bonchev–Trinajstić information content (AvgIpc) is 1.67. The second kappa shape index (κ2) is 28.5. The van der Waals surface area contributed by atoms with Crippen LogP contribution in [-0.4, -0.2) is 28.9 Å². The lowest BCUT2D eigenvalue weighted by Crippen LogP contribution is -2.62. The number of rotatable bonds is 18. The average molecular weight is 1460 g/mol. The van der Waals surface area contributed by atoms with E-state index < -0.39 is 134 Å². The number of fused-ring (bicyclic) bond motifs is 10. The van der Waals surface area contributed by atoms with E-state index >= 15 is 0 Å². The number of para-hydroxylation sites is 5. The molecule has 0 spiro atoms. The summed E-state index contributed by atoms with van der Waals surface area (Å²) >= 11 is 0. The lowest BCUT2D eigenvalue weighted by atomic mass is 9.33. The minimum absolute atomic E-state index is 0.0481. The summed E-state index contributed by atoms with van der Waals surface area (Å²) in [7, 11) is 0. The van der Waals surface area contributed by atoms with Crippen LogP contribution in [0.3, 0.4) is 0 Å². The number of hydrogen-bond acceptors (Lipinski definition) is 3. The van der Waals surface area contributed by atoms with Gasteiger partial charge in [0, 0.05) is 86.7 Å². The first kappa shape index (κ1) is 48.9. The maximum Gasteiger partial charge on any atom is 0.252 e. The van der Waals surface area contributed by atoms with Crippen molar-refractivity contribution in [3.8, 4) is 55.9 Å². The van der Waals surface area contributed by atoms with Gasteiger partial charge in [-0.2, -0.15) is 0 Å². The molecule has 112 heavy (non-hydrogen) atoms. The number of benzene rings is 16. The van der Waals surface area contributed by atoms with Crippen LogP contribution in [-0.2, 0) is 31.2 Å². The first-order valence-corrected chi connectivity index (χ1v) is 37.9. The molecule has 5 nitrogen and oxygen atoms in total. The summed E-state index contributed by atoms with van der Waals surface area (Å²) < 4.78 is 198. The summed E-state index contributed by atoms with van der Waals surface area (Å²) in [5.41, 5.74) is 19.9. The highest BCUT2D eigenvalue weighted by molar-refractivity contribution is 7.00. The molecule has 2 aliphatic rings. The van der Waals surface area contributed by atoms with Crippen molar-refractivity contribution in [2.75, 3.05) is 27.8 Å². The highest BCUT2D eigenvalue weighted by Crippen LogP contribution is 2.45. The molecule has 16 aromatic carbocycles. The smallest absolute Gasteiger partial charge is 0.252 e. The molecule has 0 saturated heterocycles. The molecular formula is C106H84BN5. The van der Waals surface area contributed by atoms with Crippen LogP contribution in [0.15, 0.2) is 382 Å². The molecule has 2 aliphatic heterocycles. The molecule has 20 rings (SSSR count). The SMILES string of the molecule is [2H]c1c([2H])c([2H])c(N(CCc2cc3c4c(c2)N(Cc2c(-c5ccccc5)cccc2-c2ccccc2)c2cc(Cc5cccc(C(C)(C)C)c5)ccc2B4c2ccc(-n4c5c([2H])c([2H])c([2H])c([2H])c5c5c([2H])c([2H])c([2H])c([2H])c54)cc2N3CCc2cc(-c3ccccc3)cc(-c3ccccc3)c2)c2ccc(-n3c4c([2H])c([2H])c([2H])c([2H])c4c4c([2H])c([2H])c([2H])c([2H])c43)cc2)c([2H])c1[2H]. The van der Waals surface area contributed by atoms with Gasteiger partial charge in [-0.25, -0.2) is 0 Å². The third-order valence-electron chi connectivity index (χ3n) is 22.2. The molecule has 0 aliphatic carbocycles. The van der Waals surface area contributed by atoms with E-state index in [-0.39, 0.29) is 86.5 Å². The minimum Gasteiger partial charge on any atom is -0.342 e. The third-order valence-corrected chi connectivity index (χ3v) is 22.2. The van der Waals surface area contributed by atoms with Crippen molar-refractivity contribution in [2.45, 2.75) is 52.0 Å². The topological polar surface area (TPSA) is 19.6 Å². The van der Waals surface area contributed by atoms with Gasteiger partial charge in [-0.1, -0.05) is 306 Å². The Morgan fingerprint density at radius 2 is 0.795 bits per heavy atom. The van der Waals surface area contributed by atoms with Crippen LogP contribution < -0.4 is 31.1 Å². The predicted octanol–water partition coefficient (Wildman–Crippen LogP) is 24.7. The second-order valence-electron chi connectivity index (χ2n) is 29.9. The van der Waals surface area contributed by atoms with Crippen LogP contribution in [0.5, 0.6) is 0 Å². The Kier molecular flexibility index (Phi) is 12.5. The van der Waals surface area contributed by atoms with Gasteiger partial charge in [0.25, 0.3) is 6.71 Å². The van der Waals surface area contributed by atoms with Crippen LogP contribution in [0.1, 0.15) is 82.9 Å². The van der Waals surface area contributed by atoms with Gasteiger partial charge in [0.05, 0.1) is 50.9 Å². The lowest BCUT2D eigenvalue weighted by molar-refractivity contribution is 0.589. The molecule has 0 saturated carbocycles. The fourth-order valence-electron chi connectivity index (χ4n) is 16.9. The fraction of sp³-hybridized carbons (Fsp3) is 0.0943. The van der Waals surface area contributed by atoms with Crippen LogP contribution in [0.25, 0.3) is 99.5 Å². The molecule has 2 aromatic heterocycles. The van der Waals surface area contributed by atoms with E-state index in [1.165, 1.54) is 10.1 Å². The van der Waals surface area contributed by atoms with Gasteiger partial charge < -0.3 is 23.8 Å². The Morgan fingerprint density at radius 3 is 1.35 bits per heavy atom. The van der Waals surface area contributed by atoms with Crippen molar-refractivity contribution in [3.63, 3.8) is 0 Å². The maximum atomic E-state index is 9.83. The molecule has 0 atom stereocenters. The summed E-state index contributed by atoms with van der Waals surface area (Å²) in [5, 5.41) is -0.386. The zero-order chi connectivity index (χ0) is 93.1. The first-order chi connectivity index (χ1) is 63.9. The van der Waals surface area contributed by atoms with Crippen molar-refractivity contribution < 1.29 is 28.8 Å². The number of aromatic nitrogens is 2. The molecule has 0 fully saturated rings. The summed E-state index contributed by atoms with van der Waals surface area (Å²) in [6.45, 7) is 6.46. The second-order valence-corrected chi connectivity index (χ2v) is 29.9. The van der Waals surface area contributed by atoms with Crippen LogP contribution in [0.2, 0.25) is 0 Å². The van der Waals surface area contributed by atoms with Crippen molar-refractivity contribution in [1.29, 1.82) is 0 Å². The molecule has 18 aromatic rings. The molecule has 0 bridgehead atoms. The lowest BCUT2D eigenvalue weighted by Gasteiger charge is -2.45. The molecule has 6 heteroatoms. The largest absolute Gasteiger partial charge is 0.342 e. The summed E-state index contributed by atoms with van der Waals surface area (Å²) in [6, 6.07) is 75.0. The zero-order valence-corrected chi connectivity index (χ0v) is 61.8. The summed E-state index contributed by atoms with van der Waals surface area (Å²) in [6.07, 6.45) is 1.03. The highest BCUT2D eigenvalue weighted by atomic mass is 15.2. The number of hydrogen-bond donors (Lipinski definition) is 0. The van der Waals surface area contributed by atoms with Gasteiger partial charge in [-0.15, -0.1) is 0 Å². The molecule has 4 heterocycles. The van der Waals surface area contributed by atoms with Crippen LogP contribution in [0.4, 0.5) is 34.1 Å². The van der Waals surface area contributed by atoms with Gasteiger partial charge in [-0.05, 0) is 216 Å². The van der Waals surface area contributed by atoms with Gasteiger partial charge in [0.15, 0.2) is 0 Å². The van der Waals surface area contributed by atoms with E-state index in [0.717, 1.165) is 106 Å². The van der Waals surface area contributed by atoms with Crippen molar-refractivity contribution >= 4 is 101 Å². The fourth-order valence-corrected chi connectivity index (χ4v) is 16.9. The molecule has 536 valence electrons. The van der Waals surface area contributed by atoms with Crippen LogP contribution >= 0.6 is 0 Å². The van der Waals surface area contributed by atoms with E-state index in [1.54, 1.807) is 33.7 Å². The zero-order valence-electron chi connectivity index (χ0n) is 82.8. The van der Waals surface area contributed by atoms with E-state index in [9.17, 15) is 19.2 Å². The predicted molar refractivity (Wildman–Crippen MR) is 475 cm³/mol.